The Hall–Kier alpha value is -2.79. The van der Waals surface area contributed by atoms with Crippen LogP contribution in [0.15, 0.2) is 42.5 Å². The maximum Gasteiger partial charge on any atom is 0.307 e. The molecule has 128 valence electrons. The average molecular weight is 360 g/mol. The lowest BCUT2D eigenvalue weighted by Gasteiger charge is -2.08. The van der Waals surface area contributed by atoms with Crippen molar-refractivity contribution < 1.29 is 22.2 Å². The number of carbonyl (C=O) groups excluding carboxylic acids is 1. The standard InChI is InChI=1S/C19H16ClNO4/c1-11-15(10-18(22)23)16-9-14(25-2)7-8-17(16)21(11)19(24)12-3-5-13(20)6-4-12/h3-9H,10H2,1-2H3,(H,22,23)/i10D2. The number of methoxy groups -OCH3 is 1. The van der Waals surface area contributed by atoms with E-state index in [1.165, 1.54) is 24.7 Å². The first kappa shape index (κ1) is 14.5. The summed E-state index contributed by atoms with van der Waals surface area (Å²) in [6, 6.07) is 11.1. The number of hydrogen-bond acceptors (Lipinski definition) is 3. The molecule has 0 aliphatic carbocycles. The topological polar surface area (TPSA) is 68.5 Å². The van der Waals surface area contributed by atoms with Crippen LogP contribution >= 0.6 is 11.6 Å². The van der Waals surface area contributed by atoms with Gasteiger partial charge in [-0.3, -0.25) is 14.2 Å². The highest BCUT2D eigenvalue weighted by molar-refractivity contribution is 6.30. The molecule has 1 aromatic heterocycles. The number of aliphatic carboxylic acids is 1. The highest BCUT2D eigenvalue weighted by Crippen LogP contribution is 2.30. The van der Waals surface area contributed by atoms with Gasteiger partial charge in [-0.05, 0) is 55.0 Å². The van der Waals surface area contributed by atoms with Crippen molar-refractivity contribution in [2.45, 2.75) is 13.3 Å². The average Bonchev–Trinajstić information content (AvgIpc) is 2.92. The van der Waals surface area contributed by atoms with Crippen LogP contribution in [0.4, 0.5) is 0 Å². The van der Waals surface area contributed by atoms with Gasteiger partial charge in [0.25, 0.3) is 5.91 Å². The minimum absolute atomic E-state index is 0.0776. The van der Waals surface area contributed by atoms with Crippen molar-refractivity contribution in [3.05, 3.63) is 64.3 Å². The molecule has 0 amide bonds. The smallest absolute Gasteiger partial charge is 0.307 e. The Morgan fingerprint density at radius 3 is 2.52 bits per heavy atom. The summed E-state index contributed by atoms with van der Waals surface area (Å²) in [6.45, 7) is 1.52. The fourth-order valence-corrected chi connectivity index (χ4v) is 2.90. The number of benzene rings is 2. The normalized spacial score (nSPS) is 12.6. The molecule has 0 atom stereocenters. The molecule has 5 nitrogen and oxygen atoms in total. The molecule has 0 fully saturated rings. The highest BCUT2D eigenvalue weighted by atomic mass is 35.5. The van der Waals surface area contributed by atoms with Crippen molar-refractivity contribution in [3.8, 4) is 5.75 Å². The third kappa shape index (κ3) is 3.10. The van der Waals surface area contributed by atoms with Crippen LogP contribution in [0.3, 0.4) is 0 Å². The van der Waals surface area contributed by atoms with E-state index in [0.717, 1.165) is 0 Å². The van der Waals surface area contributed by atoms with Crippen LogP contribution in [0.1, 0.15) is 24.4 Å². The Kier molecular flexibility index (Phi) is 3.84. The van der Waals surface area contributed by atoms with Gasteiger partial charge in [0, 0.05) is 24.4 Å². The van der Waals surface area contributed by atoms with Gasteiger partial charge in [0.2, 0.25) is 0 Å². The molecule has 1 heterocycles. The van der Waals surface area contributed by atoms with Crippen LogP contribution < -0.4 is 4.74 Å². The molecule has 0 unspecified atom stereocenters. The third-order valence-electron chi connectivity index (χ3n) is 3.94. The fraction of sp³-hybridized carbons (Fsp3) is 0.158. The summed E-state index contributed by atoms with van der Waals surface area (Å²) in [6.07, 6.45) is -2.68. The SMILES string of the molecule is [2H]C([2H])(C(=O)O)c1c(C)n(C(=O)c2ccc(Cl)cc2)c2ccc(OC)cc12. The molecule has 0 spiro atoms. The van der Waals surface area contributed by atoms with E-state index < -0.39 is 18.2 Å². The summed E-state index contributed by atoms with van der Waals surface area (Å²) in [5, 5.41) is 10.2. The van der Waals surface area contributed by atoms with Crippen LogP contribution in [0.25, 0.3) is 10.9 Å². The Morgan fingerprint density at radius 1 is 1.24 bits per heavy atom. The second-order valence-electron chi connectivity index (χ2n) is 5.42. The van der Waals surface area contributed by atoms with E-state index in [0.29, 0.717) is 27.2 Å². The van der Waals surface area contributed by atoms with E-state index in [-0.39, 0.29) is 11.3 Å². The number of carboxylic acids is 1. The number of carboxylic acid groups (broad SMARTS) is 1. The summed E-state index contributed by atoms with van der Waals surface area (Å²) < 4.78 is 22.6. The Morgan fingerprint density at radius 2 is 1.92 bits per heavy atom. The number of carbonyl (C=O) groups is 2. The maximum absolute atomic E-state index is 13.1. The number of hydrogen-bond donors (Lipinski definition) is 1. The summed E-state index contributed by atoms with van der Waals surface area (Å²) in [5.74, 6) is -1.61. The lowest BCUT2D eigenvalue weighted by atomic mass is 10.1. The van der Waals surface area contributed by atoms with E-state index in [1.807, 2.05) is 0 Å². The van der Waals surface area contributed by atoms with Crippen molar-refractivity contribution in [3.63, 3.8) is 0 Å². The van der Waals surface area contributed by atoms with Gasteiger partial charge in [-0.25, -0.2) is 0 Å². The van der Waals surface area contributed by atoms with E-state index in [2.05, 4.69) is 0 Å². The molecule has 25 heavy (non-hydrogen) atoms. The summed E-state index contributed by atoms with van der Waals surface area (Å²) >= 11 is 5.87. The first-order valence-electron chi connectivity index (χ1n) is 8.41. The summed E-state index contributed by atoms with van der Waals surface area (Å²) in [4.78, 5) is 24.6. The molecule has 3 aromatic rings. The molecule has 0 bridgehead atoms. The summed E-state index contributed by atoms with van der Waals surface area (Å²) in [5.41, 5.74) is 0.878. The monoisotopic (exact) mass is 359 g/mol. The second-order valence-corrected chi connectivity index (χ2v) is 5.86. The first-order chi connectivity index (χ1) is 12.7. The Labute approximate surface area is 152 Å². The van der Waals surface area contributed by atoms with E-state index in [4.69, 9.17) is 19.1 Å². The van der Waals surface area contributed by atoms with Gasteiger partial charge in [-0.2, -0.15) is 0 Å². The van der Waals surface area contributed by atoms with Gasteiger partial charge in [0.05, 0.1) is 19.0 Å². The van der Waals surface area contributed by atoms with Crippen LogP contribution in [-0.4, -0.2) is 28.7 Å². The molecule has 0 aliphatic rings. The molecule has 3 rings (SSSR count). The molecule has 0 aliphatic heterocycles. The van der Waals surface area contributed by atoms with Crippen molar-refractivity contribution in [2.75, 3.05) is 7.11 Å². The fourth-order valence-electron chi connectivity index (χ4n) is 2.77. The molecule has 1 N–H and O–H groups in total. The number of ether oxygens (including phenoxy) is 1. The number of halogens is 1. The van der Waals surface area contributed by atoms with Gasteiger partial charge >= 0.3 is 5.97 Å². The molecular formula is C19H16ClNO4. The second kappa shape index (κ2) is 6.61. The van der Waals surface area contributed by atoms with Crippen LogP contribution in [0.2, 0.25) is 5.02 Å². The van der Waals surface area contributed by atoms with Gasteiger partial charge in [-0.15, -0.1) is 0 Å². The zero-order chi connectivity index (χ0) is 19.9. The predicted molar refractivity (Wildman–Crippen MR) is 95.7 cm³/mol. The van der Waals surface area contributed by atoms with Gasteiger partial charge in [0.15, 0.2) is 0 Å². The van der Waals surface area contributed by atoms with E-state index in [9.17, 15) is 14.7 Å². The minimum atomic E-state index is -2.68. The van der Waals surface area contributed by atoms with E-state index in [1.54, 1.807) is 36.4 Å². The maximum atomic E-state index is 13.1. The Bertz CT molecular complexity index is 1060. The largest absolute Gasteiger partial charge is 0.497 e. The zero-order valence-corrected chi connectivity index (χ0v) is 14.3. The lowest BCUT2D eigenvalue weighted by molar-refractivity contribution is -0.136. The first-order valence-corrected chi connectivity index (χ1v) is 7.79. The van der Waals surface area contributed by atoms with Gasteiger partial charge in [-0.1, -0.05) is 11.6 Å². The Balaban J connectivity index is 2.34. The number of rotatable bonds is 4. The zero-order valence-electron chi connectivity index (χ0n) is 15.5. The number of aromatic nitrogens is 1. The van der Waals surface area contributed by atoms with Crippen molar-refractivity contribution in [2.24, 2.45) is 0 Å². The summed E-state index contributed by atoms with van der Waals surface area (Å²) in [7, 11) is 1.45. The number of nitrogens with zero attached hydrogens (tertiary/aromatic N) is 1. The van der Waals surface area contributed by atoms with Crippen molar-refractivity contribution in [1.29, 1.82) is 0 Å². The van der Waals surface area contributed by atoms with Crippen LogP contribution in [0, 0.1) is 6.92 Å². The third-order valence-corrected chi connectivity index (χ3v) is 4.19. The molecule has 2 aromatic carbocycles. The number of fused-ring (bicyclic) bond motifs is 1. The van der Waals surface area contributed by atoms with Crippen LogP contribution in [0.5, 0.6) is 5.75 Å². The molecule has 6 heteroatoms. The quantitative estimate of drug-likeness (QED) is 0.766. The predicted octanol–water partition coefficient (Wildman–Crippen LogP) is 3.93. The van der Waals surface area contributed by atoms with E-state index >= 15 is 0 Å². The lowest BCUT2D eigenvalue weighted by Crippen LogP contribution is -2.14. The van der Waals surface area contributed by atoms with Crippen LogP contribution in [-0.2, 0) is 11.2 Å². The van der Waals surface area contributed by atoms with Crippen molar-refractivity contribution >= 4 is 34.4 Å². The van der Waals surface area contributed by atoms with Gasteiger partial charge in [0.1, 0.15) is 5.75 Å². The molecular weight excluding hydrogens is 342 g/mol. The molecule has 0 saturated carbocycles. The highest BCUT2D eigenvalue weighted by Gasteiger charge is 2.21. The van der Waals surface area contributed by atoms with Crippen molar-refractivity contribution in [1.82, 2.24) is 4.57 Å². The van der Waals surface area contributed by atoms with Gasteiger partial charge < -0.3 is 9.84 Å². The minimum Gasteiger partial charge on any atom is -0.497 e. The molecule has 0 saturated heterocycles. The molecule has 0 radical (unpaired) electrons.